The van der Waals surface area contributed by atoms with Crippen molar-refractivity contribution >= 4 is 10.1 Å². The van der Waals surface area contributed by atoms with Gasteiger partial charge in [-0.05, 0) is 12.2 Å². The Morgan fingerprint density at radius 1 is 1.64 bits per heavy atom. The van der Waals surface area contributed by atoms with Crippen LogP contribution in [0.5, 0.6) is 0 Å². The molecule has 1 aliphatic rings. The Bertz CT molecular complexity index is 386. The highest BCUT2D eigenvalue weighted by molar-refractivity contribution is 7.87. The van der Waals surface area contributed by atoms with E-state index in [1.165, 1.54) is 12.2 Å². The fourth-order valence-corrected chi connectivity index (χ4v) is 2.19. The van der Waals surface area contributed by atoms with Gasteiger partial charge in [0.2, 0.25) is 4.93 Å². The zero-order valence-electron chi connectivity index (χ0n) is 7.54. The van der Waals surface area contributed by atoms with E-state index in [2.05, 4.69) is 0 Å². The molecule has 2 atom stereocenters. The van der Waals surface area contributed by atoms with Crippen molar-refractivity contribution in [3.05, 3.63) is 23.9 Å². The molecular weight excluding hydrogens is 208 g/mol. The summed E-state index contributed by atoms with van der Waals surface area (Å²) in [6.45, 7) is 0. The molecule has 0 amide bonds. The van der Waals surface area contributed by atoms with Crippen molar-refractivity contribution < 1.29 is 17.7 Å². The number of hydrogen-bond donors (Lipinski definition) is 3. The summed E-state index contributed by atoms with van der Waals surface area (Å²) >= 11 is 0. The zero-order chi connectivity index (χ0) is 11.0. The quantitative estimate of drug-likeness (QED) is 0.512. The number of nitrogens with two attached hydrogens (primary N) is 2. The number of hydrogen-bond acceptors (Lipinski definition) is 5. The second-order valence-electron chi connectivity index (χ2n) is 2.93. The van der Waals surface area contributed by atoms with E-state index in [0.717, 1.165) is 13.2 Å². The van der Waals surface area contributed by atoms with E-state index in [1.807, 2.05) is 0 Å². The van der Waals surface area contributed by atoms with Crippen molar-refractivity contribution in [1.29, 1.82) is 0 Å². The maximum absolute atomic E-state index is 11.1. The molecule has 0 bridgehead atoms. The van der Waals surface area contributed by atoms with Gasteiger partial charge in [0, 0.05) is 12.8 Å². The molecule has 1 rings (SSSR count). The molecule has 2 unspecified atom stereocenters. The molecule has 0 aromatic heterocycles. The summed E-state index contributed by atoms with van der Waals surface area (Å²) in [6, 6.07) is -0.991. The molecule has 14 heavy (non-hydrogen) atoms. The molecule has 6 nitrogen and oxygen atoms in total. The van der Waals surface area contributed by atoms with E-state index in [9.17, 15) is 8.42 Å². The van der Waals surface area contributed by atoms with E-state index in [1.54, 1.807) is 0 Å². The highest BCUT2D eigenvalue weighted by atomic mass is 32.2. The highest BCUT2D eigenvalue weighted by Gasteiger charge is 2.47. The molecule has 0 aromatic rings. The Balaban J connectivity index is 3.32. The van der Waals surface area contributed by atoms with Gasteiger partial charge in [-0.1, -0.05) is 6.08 Å². The SMILES string of the molecule is COC1(S(=O)(=O)O)C=C(N)C=CC1N. The minimum absolute atomic E-state index is 0.172. The molecule has 80 valence electrons. The Morgan fingerprint density at radius 2 is 2.21 bits per heavy atom. The molecule has 5 N–H and O–H groups in total. The Labute approximate surface area is 82.0 Å². The topological polar surface area (TPSA) is 116 Å². The van der Waals surface area contributed by atoms with Gasteiger partial charge in [-0.15, -0.1) is 0 Å². The number of rotatable bonds is 2. The predicted octanol–water partition coefficient (Wildman–Crippen LogP) is -1.04. The van der Waals surface area contributed by atoms with Gasteiger partial charge in [-0.3, -0.25) is 4.55 Å². The standard InChI is InChI=1S/C7H12N2O4S/c1-13-7(14(10,11)12)4-5(8)2-3-6(7)9/h2-4,6H,8-9H2,1H3,(H,10,11,12). The van der Waals surface area contributed by atoms with Crippen LogP contribution >= 0.6 is 0 Å². The van der Waals surface area contributed by atoms with Crippen LogP contribution in [0.1, 0.15) is 0 Å². The molecule has 0 saturated heterocycles. The molecule has 0 heterocycles. The zero-order valence-corrected chi connectivity index (χ0v) is 8.36. The largest absolute Gasteiger partial charge is 0.399 e. The molecule has 0 saturated carbocycles. The van der Waals surface area contributed by atoms with Crippen LogP contribution in [-0.4, -0.2) is 31.1 Å². The predicted molar refractivity (Wildman–Crippen MR) is 50.7 cm³/mol. The molecule has 0 fully saturated rings. The van der Waals surface area contributed by atoms with Crippen LogP contribution in [0, 0.1) is 0 Å². The first-order valence-corrected chi connectivity index (χ1v) is 5.22. The first-order chi connectivity index (χ1) is 6.33. The summed E-state index contributed by atoms with van der Waals surface area (Å²) in [6.07, 6.45) is 3.88. The average molecular weight is 220 g/mol. The summed E-state index contributed by atoms with van der Waals surface area (Å²) in [5.41, 5.74) is 11.1. The summed E-state index contributed by atoms with van der Waals surface area (Å²) < 4.78 is 36.0. The maximum Gasteiger partial charge on any atom is 0.301 e. The average Bonchev–Trinajstić information content (AvgIpc) is 2.07. The van der Waals surface area contributed by atoms with Gasteiger partial charge in [0.25, 0.3) is 0 Å². The normalized spacial score (nSPS) is 32.8. The van der Waals surface area contributed by atoms with Gasteiger partial charge < -0.3 is 16.2 Å². The smallest absolute Gasteiger partial charge is 0.301 e. The first kappa shape index (κ1) is 11.2. The van der Waals surface area contributed by atoms with Crippen LogP contribution in [0.25, 0.3) is 0 Å². The van der Waals surface area contributed by atoms with Crippen LogP contribution in [-0.2, 0) is 14.9 Å². The van der Waals surface area contributed by atoms with Gasteiger partial charge in [-0.2, -0.15) is 8.42 Å². The minimum atomic E-state index is -4.47. The fourth-order valence-electron chi connectivity index (χ4n) is 1.27. The third kappa shape index (κ3) is 1.55. The van der Waals surface area contributed by atoms with Gasteiger partial charge in [0.1, 0.15) is 0 Å². The van der Waals surface area contributed by atoms with E-state index < -0.39 is 21.1 Å². The third-order valence-electron chi connectivity index (χ3n) is 2.05. The van der Waals surface area contributed by atoms with Crippen molar-refractivity contribution in [3.8, 4) is 0 Å². The van der Waals surface area contributed by atoms with Crippen LogP contribution < -0.4 is 11.5 Å². The number of allylic oxidation sites excluding steroid dienone is 1. The molecule has 7 heteroatoms. The fraction of sp³-hybridized carbons (Fsp3) is 0.429. The van der Waals surface area contributed by atoms with Gasteiger partial charge in [0.15, 0.2) is 0 Å². The van der Waals surface area contributed by atoms with Crippen LogP contribution in [0.2, 0.25) is 0 Å². The Kier molecular flexibility index (Phi) is 2.68. The lowest BCUT2D eigenvalue weighted by Crippen LogP contribution is -2.54. The van der Waals surface area contributed by atoms with E-state index in [-0.39, 0.29) is 5.70 Å². The molecule has 0 radical (unpaired) electrons. The van der Waals surface area contributed by atoms with E-state index in [0.29, 0.717) is 0 Å². The lowest BCUT2D eigenvalue weighted by Gasteiger charge is -2.32. The van der Waals surface area contributed by atoms with E-state index >= 15 is 0 Å². The second kappa shape index (κ2) is 3.35. The van der Waals surface area contributed by atoms with Gasteiger partial charge >= 0.3 is 10.1 Å². The number of ether oxygens (including phenoxy) is 1. The molecule has 0 spiro atoms. The molecule has 0 aromatic carbocycles. The molecular formula is C7H12N2O4S. The van der Waals surface area contributed by atoms with Gasteiger partial charge in [-0.25, -0.2) is 0 Å². The third-order valence-corrected chi connectivity index (χ3v) is 3.41. The lowest BCUT2D eigenvalue weighted by atomic mass is 10.0. The van der Waals surface area contributed by atoms with Crippen molar-refractivity contribution in [2.45, 2.75) is 11.0 Å². The maximum atomic E-state index is 11.1. The summed E-state index contributed by atoms with van der Waals surface area (Å²) in [7, 11) is -3.34. The molecule has 1 aliphatic carbocycles. The summed E-state index contributed by atoms with van der Waals surface area (Å²) in [5.74, 6) is 0. The monoisotopic (exact) mass is 220 g/mol. The Hall–Kier alpha value is -0.890. The van der Waals surface area contributed by atoms with E-state index in [4.69, 9.17) is 20.8 Å². The summed E-state index contributed by atoms with van der Waals surface area (Å²) in [5, 5.41) is 0. The van der Waals surface area contributed by atoms with Crippen molar-refractivity contribution in [2.75, 3.05) is 7.11 Å². The lowest BCUT2D eigenvalue weighted by molar-refractivity contribution is 0.0809. The van der Waals surface area contributed by atoms with Crippen molar-refractivity contribution in [1.82, 2.24) is 0 Å². The summed E-state index contributed by atoms with van der Waals surface area (Å²) in [4.78, 5) is -1.98. The van der Waals surface area contributed by atoms with Crippen LogP contribution in [0.3, 0.4) is 0 Å². The first-order valence-electron chi connectivity index (χ1n) is 3.78. The highest BCUT2D eigenvalue weighted by Crippen LogP contribution is 2.27. The Morgan fingerprint density at radius 3 is 2.57 bits per heavy atom. The molecule has 0 aliphatic heterocycles. The van der Waals surface area contributed by atoms with Gasteiger partial charge in [0.05, 0.1) is 6.04 Å². The van der Waals surface area contributed by atoms with Crippen molar-refractivity contribution in [2.24, 2.45) is 11.5 Å². The van der Waals surface area contributed by atoms with Crippen molar-refractivity contribution in [3.63, 3.8) is 0 Å². The minimum Gasteiger partial charge on any atom is -0.399 e. The van der Waals surface area contributed by atoms with Crippen LogP contribution in [0.4, 0.5) is 0 Å². The second-order valence-corrected chi connectivity index (χ2v) is 4.52. The van der Waals surface area contributed by atoms with Crippen LogP contribution in [0.15, 0.2) is 23.9 Å². The number of methoxy groups -OCH3 is 1.